The molecule has 6 heteroatoms. The second kappa shape index (κ2) is 7.81. The molecule has 1 unspecified atom stereocenters. The van der Waals surface area contributed by atoms with Crippen LogP contribution in [0.3, 0.4) is 0 Å². The van der Waals surface area contributed by atoms with Crippen molar-refractivity contribution < 1.29 is 8.95 Å². The number of methoxy groups -OCH3 is 1. The van der Waals surface area contributed by atoms with Crippen molar-refractivity contribution in [1.29, 1.82) is 0 Å². The largest absolute Gasteiger partial charge is 0.497 e. The number of ether oxygens (including phenoxy) is 1. The van der Waals surface area contributed by atoms with Crippen molar-refractivity contribution in [1.82, 2.24) is 8.96 Å². The molecule has 0 amide bonds. The van der Waals surface area contributed by atoms with E-state index in [4.69, 9.17) is 16.3 Å². The SMILES string of the molecule is C=C(/C=C\C(=CC)C(C)C)S(=O)n1c(Cl)nc2cc(OC)ccc21. The lowest BCUT2D eigenvalue weighted by Gasteiger charge is -2.07. The molecule has 0 bridgehead atoms. The quantitative estimate of drug-likeness (QED) is 0.686. The van der Waals surface area contributed by atoms with E-state index in [1.165, 1.54) is 3.97 Å². The molecule has 1 aromatic carbocycles. The van der Waals surface area contributed by atoms with Gasteiger partial charge in [-0.3, -0.25) is 0 Å². The van der Waals surface area contributed by atoms with Crippen molar-refractivity contribution in [3.8, 4) is 5.75 Å². The predicted molar refractivity (Wildman–Crippen MR) is 102 cm³/mol. The minimum absolute atomic E-state index is 0.154. The molecule has 0 aliphatic carbocycles. The molecule has 0 N–H and O–H groups in total. The summed E-state index contributed by atoms with van der Waals surface area (Å²) >= 11 is 6.18. The van der Waals surface area contributed by atoms with Crippen molar-refractivity contribution in [2.24, 2.45) is 5.92 Å². The summed E-state index contributed by atoms with van der Waals surface area (Å²) in [6.07, 6.45) is 5.72. The molecular formula is C18H21ClN2O2S. The van der Waals surface area contributed by atoms with Gasteiger partial charge in [-0.15, -0.1) is 0 Å². The maximum atomic E-state index is 12.8. The van der Waals surface area contributed by atoms with Crippen LogP contribution in [0.25, 0.3) is 11.0 Å². The molecule has 0 saturated carbocycles. The van der Waals surface area contributed by atoms with Crippen LogP contribution >= 0.6 is 11.6 Å². The second-order valence-electron chi connectivity index (χ2n) is 5.52. The molecule has 0 fully saturated rings. The van der Waals surface area contributed by atoms with Gasteiger partial charge >= 0.3 is 0 Å². The molecule has 4 nitrogen and oxygen atoms in total. The Bertz CT molecular complexity index is 850. The van der Waals surface area contributed by atoms with Crippen LogP contribution in [-0.4, -0.2) is 20.3 Å². The molecule has 0 radical (unpaired) electrons. The normalized spacial score (nSPS) is 13.8. The zero-order chi connectivity index (χ0) is 17.9. The van der Waals surface area contributed by atoms with Gasteiger partial charge in [0.25, 0.3) is 0 Å². The van der Waals surface area contributed by atoms with Gasteiger partial charge < -0.3 is 4.74 Å². The molecule has 1 aromatic heterocycles. The summed E-state index contributed by atoms with van der Waals surface area (Å²) in [6, 6.07) is 5.32. The molecule has 0 aliphatic rings. The van der Waals surface area contributed by atoms with Crippen molar-refractivity contribution >= 4 is 33.6 Å². The minimum Gasteiger partial charge on any atom is -0.497 e. The average molecular weight is 365 g/mol. The van der Waals surface area contributed by atoms with Gasteiger partial charge in [0.1, 0.15) is 5.75 Å². The Kier molecular flexibility index (Phi) is 6.02. The molecule has 0 saturated heterocycles. The van der Waals surface area contributed by atoms with Crippen LogP contribution < -0.4 is 4.74 Å². The number of nitrogens with zero attached hydrogens (tertiary/aromatic N) is 2. The van der Waals surface area contributed by atoms with Gasteiger partial charge in [0.15, 0.2) is 11.0 Å². The van der Waals surface area contributed by atoms with Crippen molar-refractivity contribution in [2.45, 2.75) is 20.8 Å². The van der Waals surface area contributed by atoms with Gasteiger partial charge in [-0.25, -0.2) is 13.2 Å². The smallest absolute Gasteiger partial charge is 0.216 e. The maximum Gasteiger partial charge on any atom is 0.216 e. The van der Waals surface area contributed by atoms with Crippen LogP contribution in [0.5, 0.6) is 5.75 Å². The average Bonchev–Trinajstić information content (AvgIpc) is 2.88. The molecule has 24 heavy (non-hydrogen) atoms. The first-order valence-electron chi connectivity index (χ1n) is 7.56. The third-order valence-electron chi connectivity index (χ3n) is 3.63. The van der Waals surface area contributed by atoms with Gasteiger partial charge in [-0.2, -0.15) is 0 Å². The van der Waals surface area contributed by atoms with E-state index in [9.17, 15) is 4.21 Å². The number of hydrogen-bond acceptors (Lipinski definition) is 3. The molecule has 1 atom stereocenters. The highest BCUT2D eigenvalue weighted by Gasteiger charge is 2.16. The summed E-state index contributed by atoms with van der Waals surface area (Å²) < 4.78 is 19.5. The fourth-order valence-electron chi connectivity index (χ4n) is 2.28. The van der Waals surface area contributed by atoms with Gasteiger partial charge in [0, 0.05) is 6.07 Å². The van der Waals surface area contributed by atoms with Gasteiger partial charge in [0.2, 0.25) is 5.28 Å². The number of rotatable bonds is 6. The van der Waals surface area contributed by atoms with E-state index in [1.807, 2.05) is 19.1 Å². The van der Waals surface area contributed by atoms with Crippen LogP contribution in [-0.2, 0) is 11.0 Å². The molecule has 2 aromatic rings. The molecule has 2 rings (SSSR count). The summed E-state index contributed by atoms with van der Waals surface area (Å²) in [5.74, 6) is 1.06. The lowest BCUT2D eigenvalue weighted by Crippen LogP contribution is -2.05. The third kappa shape index (κ3) is 3.79. The van der Waals surface area contributed by atoms with E-state index in [1.54, 1.807) is 31.4 Å². The highest BCUT2D eigenvalue weighted by molar-refractivity contribution is 7.88. The van der Waals surface area contributed by atoms with Crippen molar-refractivity contribution in [3.05, 3.63) is 58.8 Å². The van der Waals surface area contributed by atoms with Crippen LogP contribution in [0.2, 0.25) is 5.28 Å². The summed E-state index contributed by atoms with van der Waals surface area (Å²) in [5.41, 5.74) is 2.45. The number of hydrogen-bond donors (Lipinski definition) is 0. The summed E-state index contributed by atoms with van der Waals surface area (Å²) in [6.45, 7) is 10.1. The van der Waals surface area contributed by atoms with Gasteiger partial charge in [-0.1, -0.05) is 32.6 Å². The Morgan fingerprint density at radius 2 is 2.12 bits per heavy atom. The number of allylic oxidation sites excluding steroid dienone is 4. The highest BCUT2D eigenvalue weighted by Crippen LogP contribution is 2.26. The van der Waals surface area contributed by atoms with E-state index in [2.05, 4.69) is 25.4 Å². The van der Waals surface area contributed by atoms with Crippen LogP contribution in [0.15, 0.2) is 53.5 Å². The molecule has 1 heterocycles. The van der Waals surface area contributed by atoms with E-state index in [0.29, 0.717) is 27.6 Å². The van der Waals surface area contributed by atoms with Crippen LogP contribution in [0.4, 0.5) is 0 Å². The standard InChI is InChI=1S/C18H21ClN2O2S/c1-6-14(12(2)3)8-7-13(4)24(22)21-17-10-9-15(23-5)11-16(17)20-18(21)19/h6-12H,4H2,1-3,5H3/b8-7-,14-6?. The third-order valence-corrected chi connectivity index (χ3v) is 5.27. The monoisotopic (exact) mass is 364 g/mol. The number of aromatic nitrogens is 2. The van der Waals surface area contributed by atoms with E-state index < -0.39 is 11.0 Å². The van der Waals surface area contributed by atoms with E-state index >= 15 is 0 Å². The number of fused-ring (bicyclic) bond motifs is 1. The number of halogens is 1. The zero-order valence-corrected chi connectivity index (χ0v) is 15.8. The van der Waals surface area contributed by atoms with Crippen molar-refractivity contribution in [2.75, 3.05) is 7.11 Å². The van der Waals surface area contributed by atoms with E-state index in [-0.39, 0.29) is 5.28 Å². The predicted octanol–water partition coefficient (Wildman–Crippen LogP) is 4.88. The highest BCUT2D eigenvalue weighted by atomic mass is 35.5. The Hall–Kier alpha value is -1.85. The summed E-state index contributed by atoms with van der Waals surface area (Å²) in [7, 11) is 0.0310. The summed E-state index contributed by atoms with van der Waals surface area (Å²) in [4.78, 5) is 4.69. The minimum atomic E-state index is -1.55. The van der Waals surface area contributed by atoms with Gasteiger partial charge in [-0.05, 0) is 48.2 Å². The molecule has 128 valence electrons. The fourth-order valence-corrected chi connectivity index (χ4v) is 3.58. The van der Waals surface area contributed by atoms with Crippen LogP contribution in [0, 0.1) is 5.92 Å². The van der Waals surface area contributed by atoms with Crippen molar-refractivity contribution in [3.63, 3.8) is 0 Å². The Morgan fingerprint density at radius 3 is 2.71 bits per heavy atom. The maximum absolute atomic E-state index is 12.8. The number of benzene rings is 1. The lowest BCUT2D eigenvalue weighted by atomic mass is 10.0. The topological polar surface area (TPSA) is 44.1 Å². The fraction of sp³-hybridized carbons (Fsp3) is 0.278. The second-order valence-corrected chi connectivity index (χ2v) is 7.25. The Morgan fingerprint density at radius 1 is 1.42 bits per heavy atom. The number of imidazole rings is 1. The molecule has 0 spiro atoms. The Balaban J connectivity index is 2.36. The lowest BCUT2D eigenvalue weighted by molar-refractivity contribution is 0.415. The van der Waals surface area contributed by atoms with E-state index in [0.717, 1.165) is 5.57 Å². The molecular weight excluding hydrogens is 344 g/mol. The first-order valence-corrected chi connectivity index (χ1v) is 9.05. The van der Waals surface area contributed by atoms with Gasteiger partial charge in [0.05, 0.1) is 23.0 Å². The van der Waals surface area contributed by atoms with Crippen LogP contribution in [0.1, 0.15) is 20.8 Å². The first-order chi connectivity index (χ1) is 11.4. The molecule has 0 aliphatic heterocycles. The summed E-state index contributed by atoms with van der Waals surface area (Å²) in [5, 5.41) is 0.154. The zero-order valence-electron chi connectivity index (χ0n) is 14.2. The Labute approximate surface area is 150 Å². The first kappa shape index (κ1) is 18.5.